The van der Waals surface area contributed by atoms with Crippen LogP contribution in [0, 0.1) is 5.92 Å². The Balaban J connectivity index is 2.26. The third-order valence-electron chi connectivity index (χ3n) is 2.81. The zero-order chi connectivity index (χ0) is 8.06. The van der Waals surface area contributed by atoms with Crippen molar-refractivity contribution in [2.24, 2.45) is 5.92 Å². The van der Waals surface area contributed by atoms with Crippen molar-refractivity contribution in [3.05, 3.63) is 0 Å². The van der Waals surface area contributed by atoms with E-state index in [1.165, 1.54) is 0 Å². The number of aliphatic hydroxyl groups excluding tert-OH is 1. The standard InChI is InChI=1S/C8H12O3/c1-8-4-5(7(10)11-8)2-3-6(8)9/h5-6,9H,2-4H2,1H3. The van der Waals surface area contributed by atoms with Gasteiger partial charge in [-0.05, 0) is 19.8 Å². The molecule has 0 aromatic carbocycles. The minimum absolute atomic E-state index is 0.0587. The largest absolute Gasteiger partial charge is 0.456 e. The van der Waals surface area contributed by atoms with Crippen molar-refractivity contribution >= 4 is 5.97 Å². The van der Waals surface area contributed by atoms with Crippen molar-refractivity contribution in [2.45, 2.75) is 37.9 Å². The van der Waals surface area contributed by atoms with Crippen LogP contribution < -0.4 is 0 Å². The molecule has 2 fully saturated rings. The fourth-order valence-electron chi connectivity index (χ4n) is 2.02. The van der Waals surface area contributed by atoms with E-state index < -0.39 is 11.7 Å². The summed E-state index contributed by atoms with van der Waals surface area (Å²) < 4.78 is 5.10. The van der Waals surface area contributed by atoms with Crippen LogP contribution in [0.4, 0.5) is 0 Å². The van der Waals surface area contributed by atoms with Crippen LogP contribution in [0.1, 0.15) is 26.2 Å². The third-order valence-corrected chi connectivity index (χ3v) is 2.81. The van der Waals surface area contributed by atoms with E-state index in [-0.39, 0.29) is 11.9 Å². The molecule has 2 aliphatic rings. The quantitative estimate of drug-likeness (QED) is 0.518. The second kappa shape index (κ2) is 1.97. The molecule has 0 spiro atoms. The van der Waals surface area contributed by atoms with E-state index in [0.717, 1.165) is 6.42 Å². The van der Waals surface area contributed by atoms with E-state index in [2.05, 4.69) is 0 Å². The highest BCUT2D eigenvalue weighted by Gasteiger charge is 2.51. The fourth-order valence-corrected chi connectivity index (χ4v) is 2.02. The Morgan fingerprint density at radius 3 is 3.00 bits per heavy atom. The molecule has 62 valence electrons. The topological polar surface area (TPSA) is 46.5 Å². The van der Waals surface area contributed by atoms with Crippen molar-refractivity contribution in [1.29, 1.82) is 0 Å². The van der Waals surface area contributed by atoms with Crippen LogP contribution in [0.5, 0.6) is 0 Å². The number of aliphatic hydroxyl groups is 1. The van der Waals surface area contributed by atoms with Crippen molar-refractivity contribution in [3.63, 3.8) is 0 Å². The van der Waals surface area contributed by atoms with Gasteiger partial charge < -0.3 is 9.84 Å². The molecule has 3 heteroatoms. The second-order valence-corrected chi connectivity index (χ2v) is 3.73. The van der Waals surface area contributed by atoms with E-state index in [1.54, 1.807) is 0 Å². The number of rotatable bonds is 0. The third kappa shape index (κ3) is 0.872. The van der Waals surface area contributed by atoms with Gasteiger partial charge >= 0.3 is 5.97 Å². The summed E-state index contributed by atoms with van der Waals surface area (Å²) in [6.45, 7) is 1.81. The van der Waals surface area contributed by atoms with E-state index in [0.29, 0.717) is 12.8 Å². The van der Waals surface area contributed by atoms with Gasteiger partial charge in [0.25, 0.3) is 0 Å². The maximum atomic E-state index is 11.1. The summed E-state index contributed by atoms with van der Waals surface area (Å²) >= 11 is 0. The Bertz CT molecular complexity index is 202. The van der Waals surface area contributed by atoms with Gasteiger partial charge in [-0.1, -0.05) is 0 Å². The Morgan fingerprint density at radius 2 is 2.36 bits per heavy atom. The number of esters is 1. The monoisotopic (exact) mass is 156 g/mol. The van der Waals surface area contributed by atoms with Gasteiger partial charge in [0.05, 0.1) is 12.0 Å². The Hall–Kier alpha value is -0.570. The van der Waals surface area contributed by atoms with Crippen LogP contribution in [-0.4, -0.2) is 22.8 Å². The van der Waals surface area contributed by atoms with Crippen molar-refractivity contribution in [3.8, 4) is 0 Å². The van der Waals surface area contributed by atoms with Gasteiger partial charge in [-0.25, -0.2) is 0 Å². The molecule has 0 amide bonds. The van der Waals surface area contributed by atoms with Gasteiger partial charge in [0.1, 0.15) is 5.60 Å². The van der Waals surface area contributed by atoms with Crippen LogP contribution in [0.3, 0.4) is 0 Å². The first-order chi connectivity index (χ1) is 5.12. The maximum Gasteiger partial charge on any atom is 0.309 e. The molecule has 1 N–H and O–H groups in total. The average molecular weight is 156 g/mol. The molecule has 0 aromatic heterocycles. The van der Waals surface area contributed by atoms with E-state index in [1.807, 2.05) is 6.92 Å². The maximum absolute atomic E-state index is 11.1. The van der Waals surface area contributed by atoms with Gasteiger partial charge in [-0.15, -0.1) is 0 Å². The van der Waals surface area contributed by atoms with Gasteiger partial charge in [0.2, 0.25) is 0 Å². The molecule has 1 aliphatic carbocycles. The Labute approximate surface area is 65.4 Å². The fraction of sp³-hybridized carbons (Fsp3) is 0.875. The lowest BCUT2D eigenvalue weighted by atomic mass is 9.80. The minimum Gasteiger partial charge on any atom is -0.456 e. The van der Waals surface area contributed by atoms with Crippen LogP contribution in [0.25, 0.3) is 0 Å². The Morgan fingerprint density at radius 1 is 1.64 bits per heavy atom. The molecule has 11 heavy (non-hydrogen) atoms. The zero-order valence-electron chi connectivity index (χ0n) is 6.54. The first kappa shape index (κ1) is 7.10. The molecule has 0 radical (unpaired) electrons. The predicted octanol–water partition coefficient (Wildman–Crippen LogP) is 0.463. The highest BCUT2D eigenvalue weighted by Crippen LogP contribution is 2.42. The summed E-state index contributed by atoms with van der Waals surface area (Å²) in [5, 5.41) is 9.50. The van der Waals surface area contributed by atoms with Gasteiger partial charge in [0.15, 0.2) is 0 Å². The normalized spacial score (nSPS) is 49.1. The number of hydrogen-bond acceptors (Lipinski definition) is 3. The van der Waals surface area contributed by atoms with Gasteiger partial charge in [-0.3, -0.25) is 4.79 Å². The minimum atomic E-state index is -0.569. The summed E-state index contributed by atoms with van der Waals surface area (Å²) in [6, 6.07) is 0. The highest BCUT2D eigenvalue weighted by atomic mass is 16.6. The number of hydrogen-bond donors (Lipinski definition) is 1. The Kier molecular flexibility index (Phi) is 1.27. The van der Waals surface area contributed by atoms with Crippen molar-refractivity contribution < 1.29 is 14.6 Å². The van der Waals surface area contributed by atoms with Crippen molar-refractivity contribution in [2.75, 3.05) is 0 Å². The lowest BCUT2D eigenvalue weighted by Crippen LogP contribution is -2.40. The molecule has 3 nitrogen and oxygen atoms in total. The van der Waals surface area contributed by atoms with Crippen LogP contribution >= 0.6 is 0 Å². The molecular weight excluding hydrogens is 144 g/mol. The SMILES string of the molecule is CC12CC(CCC1O)C(=O)O2. The number of carbonyl (C=O) groups excluding carboxylic acids is 1. The molecule has 0 aromatic rings. The molecule has 1 saturated carbocycles. The molecule has 2 bridgehead atoms. The predicted molar refractivity (Wildman–Crippen MR) is 37.8 cm³/mol. The van der Waals surface area contributed by atoms with Gasteiger partial charge in [-0.2, -0.15) is 0 Å². The van der Waals surface area contributed by atoms with E-state index in [9.17, 15) is 9.90 Å². The summed E-state index contributed by atoms with van der Waals surface area (Å²) in [5.41, 5.74) is -0.569. The molecular formula is C8H12O3. The molecule has 3 unspecified atom stereocenters. The van der Waals surface area contributed by atoms with Crippen LogP contribution in [0.15, 0.2) is 0 Å². The molecule has 1 heterocycles. The van der Waals surface area contributed by atoms with Crippen LogP contribution in [0.2, 0.25) is 0 Å². The average Bonchev–Trinajstić information content (AvgIpc) is 2.18. The smallest absolute Gasteiger partial charge is 0.309 e. The highest BCUT2D eigenvalue weighted by molar-refractivity contribution is 5.75. The van der Waals surface area contributed by atoms with E-state index >= 15 is 0 Å². The number of fused-ring (bicyclic) bond motifs is 2. The number of ether oxygens (including phenoxy) is 1. The van der Waals surface area contributed by atoms with Crippen molar-refractivity contribution in [1.82, 2.24) is 0 Å². The zero-order valence-corrected chi connectivity index (χ0v) is 6.54. The molecule has 2 rings (SSSR count). The first-order valence-corrected chi connectivity index (χ1v) is 4.03. The van der Waals surface area contributed by atoms with Gasteiger partial charge in [0, 0.05) is 6.42 Å². The number of carbonyl (C=O) groups is 1. The summed E-state index contributed by atoms with van der Waals surface area (Å²) in [5.74, 6) is -0.0625. The summed E-state index contributed by atoms with van der Waals surface area (Å²) in [7, 11) is 0. The molecule has 1 aliphatic heterocycles. The lowest BCUT2D eigenvalue weighted by Gasteiger charge is -2.31. The second-order valence-electron chi connectivity index (χ2n) is 3.73. The lowest BCUT2D eigenvalue weighted by molar-refractivity contribution is -0.155. The molecule has 1 saturated heterocycles. The van der Waals surface area contributed by atoms with E-state index in [4.69, 9.17) is 4.74 Å². The van der Waals surface area contributed by atoms with Crippen LogP contribution in [-0.2, 0) is 9.53 Å². The molecule has 3 atom stereocenters. The summed E-state index contributed by atoms with van der Waals surface area (Å²) in [4.78, 5) is 11.1. The summed E-state index contributed by atoms with van der Waals surface area (Å²) in [6.07, 6.45) is 1.74. The first-order valence-electron chi connectivity index (χ1n) is 4.03.